The highest BCUT2D eigenvalue weighted by Gasteiger charge is 2.48. The smallest absolute Gasteiger partial charge is 0.337 e. The summed E-state index contributed by atoms with van der Waals surface area (Å²) in [5, 5.41) is 6.30. The Kier molecular flexibility index (Phi) is 7.30. The number of carbonyl (C=O) groups excluding carboxylic acids is 4. The SMILES string of the molecule is COC(=O)c1ccc(C(=O)N2C[C@H](C(=O)N[C@H]3C[C@@H]3c3ccccc3)[C@@H](C(=O)N[C@H]3C[C@@H]3c3ccccc3)C2)cc1. The van der Waals surface area contributed by atoms with Crippen LogP contribution in [0.2, 0.25) is 0 Å². The lowest BCUT2D eigenvalue weighted by Gasteiger charge is -2.18. The predicted molar refractivity (Wildman–Crippen MR) is 152 cm³/mol. The maximum atomic E-state index is 13.6. The normalized spacial score (nSPS) is 26.1. The summed E-state index contributed by atoms with van der Waals surface area (Å²) in [5.41, 5.74) is 3.10. The van der Waals surface area contributed by atoms with E-state index in [0.29, 0.717) is 11.1 Å². The molecular weight excluding hydrogens is 518 g/mol. The molecule has 6 atom stereocenters. The first-order valence-corrected chi connectivity index (χ1v) is 14.1. The molecule has 3 aromatic rings. The van der Waals surface area contributed by atoms with Gasteiger partial charge in [0, 0.05) is 42.6 Å². The van der Waals surface area contributed by atoms with E-state index in [9.17, 15) is 19.2 Å². The third-order valence-electron chi connectivity index (χ3n) is 8.53. The molecule has 0 radical (unpaired) electrons. The number of ether oxygens (including phenoxy) is 1. The highest BCUT2D eigenvalue weighted by Crippen LogP contribution is 2.42. The van der Waals surface area contributed by atoms with Crippen LogP contribution in [0.4, 0.5) is 0 Å². The van der Waals surface area contributed by atoms with E-state index in [4.69, 9.17) is 4.74 Å². The molecule has 0 bridgehead atoms. The van der Waals surface area contributed by atoms with E-state index < -0.39 is 17.8 Å². The van der Waals surface area contributed by atoms with Gasteiger partial charge in [-0.05, 0) is 48.2 Å². The number of methoxy groups -OCH3 is 1. The molecule has 1 aliphatic heterocycles. The molecule has 0 aromatic heterocycles. The van der Waals surface area contributed by atoms with Crippen LogP contribution in [0.25, 0.3) is 0 Å². The molecule has 2 aliphatic carbocycles. The molecule has 3 fully saturated rings. The summed E-state index contributed by atoms with van der Waals surface area (Å²) in [4.78, 5) is 53.9. The van der Waals surface area contributed by atoms with Gasteiger partial charge in [-0.25, -0.2) is 4.79 Å². The molecule has 2 saturated carbocycles. The third-order valence-corrected chi connectivity index (χ3v) is 8.53. The van der Waals surface area contributed by atoms with E-state index in [-0.39, 0.29) is 54.7 Å². The zero-order valence-corrected chi connectivity index (χ0v) is 22.9. The molecule has 8 nitrogen and oxygen atoms in total. The Morgan fingerprint density at radius 2 is 1.10 bits per heavy atom. The minimum atomic E-state index is -0.653. The topological polar surface area (TPSA) is 105 Å². The van der Waals surface area contributed by atoms with Crippen molar-refractivity contribution in [3.63, 3.8) is 0 Å². The molecule has 8 heteroatoms. The average molecular weight is 552 g/mol. The molecule has 210 valence electrons. The summed E-state index contributed by atoms with van der Waals surface area (Å²) in [7, 11) is 1.30. The number of carbonyl (C=O) groups is 4. The van der Waals surface area contributed by atoms with Crippen molar-refractivity contribution in [2.45, 2.75) is 36.8 Å². The molecule has 6 rings (SSSR count). The van der Waals surface area contributed by atoms with Gasteiger partial charge in [0.05, 0.1) is 24.5 Å². The fourth-order valence-electron chi connectivity index (χ4n) is 5.98. The Labute approximate surface area is 239 Å². The number of benzene rings is 3. The third kappa shape index (κ3) is 5.73. The van der Waals surface area contributed by atoms with Crippen molar-refractivity contribution in [2.75, 3.05) is 20.2 Å². The Hall–Kier alpha value is -4.46. The maximum absolute atomic E-state index is 13.6. The summed E-state index contributed by atoms with van der Waals surface area (Å²) in [6.45, 7) is 0.300. The number of nitrogens with zero attached hydrogens (tertiary/aromatic N) is 1. The van der Waals surface area contributed by atoms with Crippen molar-refractivity contribution in [2.24, 2.45) is 11.8 Å². The number of nitrogens with one attached hydrogen (secondary N) is 2. The number of esters is 1. The van der Waals surface area contributed by atoms with E-state index in [1.54, 1.807) is 17.0 Å². The van der Waals surface area contributed by atoms with Gasteiger partial charge in [0.2, 0.25) is 11.8 Å². The van der Waals surface area contributed by atoms with Gasteiger partial charge >= 0.3 is 5.97 Å². The first-order chi connectivity index (χ1) is 19.9. The number of hydrogen-bond acceptors (Lipinski definition) is 5. The second-order valence-electron chi connectivity index (χ2n) is 11.2. The molecular formula is C33H33N3O5. The van der Waals surface area contributed by atoms with Crippen LogP contribution < -0.4 is 10.6 Å². The van der Waals surface area contributed by atoms with E-state index in [2.05, 4.69) is 34.9 Å². The largest absolute Gasteiger partial charge is 0.465 e. The van der Waals surface area contributed by atoms with Gasteiger partial charge in [-0.1, -0.05) is 60.7 Å². The molecule has 2 N–H and O–H groups in total. The highest BCUT2D eigenvalue weighted by atomic mass is 16.5. The molecule has 3 aliphatic rings. The second-order valence-corrected chi connectivity index (χ2v) is 11.2. The zero-order chi connectivity index (χ0) is 28.5. The lowest BCUT2D eigenvalue weighted by Crippen LogP contribution is -2.43. The van der Waals surface area contributed by atoms with E-state index >= 15 is 0 Å². The second kappa shape index (κ2) is 11.2. The van der Waals surface area contributed by atoms with Crippen molar-refractivity contribution in [3.8, 4) is 0 Å². The van der Waals surface area contributed by atoms with E-state index in [0.717, 1.165) is 12.8 Å². The molecule has 3 aromatic carbocycles. The van der Waals surface area contributed by atoms with Crippen molar-refractivity contribution in [3.05, 3.63) is 107 Å². The van der Waals surface area contributed by atoms with Crippen molar-refractivity contribution < 1.29 is 23.9 Å². The summed E-state index contributed by atoms with van der Waals surface area (Å²) in [5.74, 6) is -1.94. The van der Waals surface area contributed by atoms with Gasteiger partial charge in [-0.15, -0.1) is 0 Å². The van der Waals surface area contributed by atoms with Gasteiger partial charge < -0.3 is 20.3 Å². The van der Waals surface area contributed by atoms with Crippen LogP contribution in [0.15, 0.2) is 84.9 Å². The molecule has 0 unspecified atom stereocenters. The maximum Gasteiger partial charge on any atom is 0.337 e. The number of hydrogen-bond donors (Lipinski definition) is 2. The lowest BCUT2D eigenvalue weighted by molar-refractivity contribution is -0.133. The van der Waals surface area contributed by atoms with Crippen LogP contribution >= 0.6 is 0 Å². The van der Waals surface area contributed by atoms with Crippen molar-refractivity contribution >= 4 is 23.7 Å². The van der Waals surface area contributed by atoms with Crippen LogP contribution in [-0.4, -0.2) is 60.9 Å². The minimum absolute atomic E-state index is 0.0233. The quantitative estimate of drug-likeness (QED) is 0.417. The van der Waals surface area contributed by atoms with Crippen LogP contribution in [0.5, 0.6) is 0 Å². The molecule has 0 spiro atoms. The number of rotatable bonds is 8. The summed E-state index contributed by atoms with van der Waals surface area (Å²) < 4.78 is 4.74. The zero-order valence-electron chi connectivity index (χ0n) is 22.9. The molecule has 3 amide bonds. The minimum Gasteiger partial charge on any atom is -0.465 e. The van der Waals surface area contributed by atoms with Crippen molar-refractivity contribution in [1.29, 1.82) is 0 Å². The van der Waals surface area contributed by atoms with Gasteiger partial charge in [-0.2, -0.15) is 0 Å². The Morgan fingerprint density at radius 1 is 0.659 bits per heavy atom. The van der Waals surface area contributed by atoms with Gasteiger partial charge in [0.15, 0.2) is 0 Å². The van der Waals surface area contributed by atoms with Crippen LogP contribution in [0.1, 0.15) is 56.5 Å². The van der Waals surface area contributed by atoms with E-state index in [1.807, 2.05) is 36.4 Å². The van der Waals surface area contributed by atoms with Crippen LogP contribution in [0, 0.1) is 11.8 Å². The summed E-state index contributed by atoms with van der Waals surface area (Å²) in [6.07, 6.45) is 1.71. The van der Waals surface area contributed by atoms with Gasteiger partial charge in [0.1, 0.15) is 0 Å². The standard InChI is InChI=1S/C33H33N3O5/c1-41-33(40)23-14-12-22(13-15-23)32(39)36-18-26(30(37)34-28-16-24(28)20-8-4-2-5-9-20)27(19-36)31(38)35-29-17-25(29)21-10-6-3-7-11-21/h2-15,24-29H,16-19H2,1H3,(H,34,37)(H,35,38)/t24-,25-,26+,27+,28+,29+/m1/s1. The first-order valence-electron chi connectivity index (χ1n) is 14.1. The Bertz CT molecular complexity index is 1370. The van der Waals surface area contributed by atoms with Crippen molar-refractivity contribution in [1.82, 2.24) is 15.5 Å². The number of likely N-dealkylation sites (tertiary alicyclic amines) is 1. The molecule has 1 saturated heterocycles. The average Bonchev–Trinajstić information content (AvgIpc) is 3.92. The Balaban J connectivity index is 1.15. The lowest BCUT2D eigenvalue weighted by atomic mass is 9.94. The fourth-order valence-corrected chi connectivity index (χ4v) is 5.98. The molecule has 41 heavy (non-hydrogen) atoms. The first kappa shape index (κ1) is 26.7. The number of amides is 3. The monoisotopic (exact) mass is 551 g/mol. The van der Waals surface area contributed by atoms with Crippen LogP contribution in [-0.2, 0) is 14.3 Å². The fraction of sp³-hybridized carbons (Fsp3) is 0.333. The highest BCUT2D eigenvalue weighted by molar-refractivity contribution is 5.98. The molecule has 1 heterocycles. The van der Waals surface area contributed by atoms with E-state index in [1.165, 1.54) is 30.4 Å². The Morgan fingerprint density at radius 3 is 1.54 bits per heavy atom. The van der Waals surface area contributed by atoms with Crippen LogP contribution in [0.3, 0.4) is 0 Å². The summed E-state index contributed by atoms with van der Waals surface area (Å²) >= 11 is 0. The predicted octanol–water partition coefficient (Wildman–Crippen LogP) is 3.51. The van der Waals surface area contributed by atoms with Gasteiger partial charge in [-0.3, -0.25) is 14.4 Å². The van der Waals surface area contributed by atoms with Gasteiger partial charge in [0.25, 0.3) is 5.91 Å². The summed E-state index contributed by atoms with van der Waals surface area (Å²) in [6, 6.07) is 26.4.